The Kier molecular flexibility index (Phi) is 3.67. The number of carbonyl (C=O) groups is 1. The van der Waals surface area contributed by atoms with Crippen LogP contribution >= 0.6 is 11.3 Å². The largest absolute Gasteiger partial charge is 0.448 e. The maximum absolute atomic E-state index is 11.5. The van der Waals surface area contributed by atoms with Crippen LogP contribution in [0, 0.1) is 13.8 Å². The summed E-state index contributed by atoms with van der Waals surface area (Å²) in [5, 5.41) is 3.21. The fraction of sp³-hybridized carbons (Fsp3) is 0.500. The highest BCUT2D eigenvalue weighted by molar-refractivity contribution is 7.17. The molecule has 21 heavy (non-hydrogen) atoms. The second-order valence-corrected chi connectivity index (χ2v) is 6.07. The van der Waals surface area contributed by atoms with E-state index in [0.29, 0.717) is 19.7 Å². The van der Waals surface area contributed by atoms with Crippen molar-refractivity contribution in [2.24, 2.45) is 0 Å². The molecule has 1 aliphatic heterocycles. The number of nitrogens with zero attached hydrogens (tertiary/aromatic N) is 4. The number of aromatic nitrogens is 2. The first kappa shape index (κ1) is 14.1. The van der Waals surface area contributed by atoms with Gasteiger partial charge in [0.25, 0.3) is 0 Å². The Bertz CT molecular complexity index is 685. The summed E-state index contributed by atoms with van der Waals surface area (Å²) in [5.41, 5.74) is 1.19. The highest BCUT2D eigenvalue weighted by atomic mass is 32.1. The number of amides is 1. The van der Waals surface area contributed by atoms with Crippen LogP contribution in [0.25, 0.3) is 10.2 Å². The van der Waals surface area contributed by atoms with Crippen molar-refractivity contribution in [1.82, 2.24) is 14.9 Å². The molecule has 2 aromatic rings. The zero-order valence-electron chi connectivity index (χ0n) is 12.4. The smallest absolute Gasteiger partial charge is 0.409 e. The second-order valence-electron chi connectivity index (χ2n) is 5.22. The van der Waals surface area contributed by atoms with Gasteiger partial charge in [0.05, 0.1) is 11.9 Å². The Labute approximate surface area is 127 Å². The van der Waals surface area contributed by atoms with Crippen molar-refractivity contribution in [3.05, 3.63) is 16.8 Å². The summed E-state index contributed by atoms with van der Waals surface area (Å²) in [6, 6.07) is 0. The van der Waals surface area contributed by atoms with Gasteiger partial charge in [-0.15, -0.1) is 11.3 Å². The Hall–Kier alpha value is -1.89. The van der Waals surface area contributed by atoms with Gasteiger partial charge in [-0.1, -0.05) is 0 Å². The molecule has 3 rings (SSSR count). The van der Waals surface area contributed by atoms with Crippen LogP contribution in [-0.4, -0.2) is 54.2 Å². The fourth-order valence-electron chi connectivity index (χ4n) is 2.45. The molecule has 0 N–H and O–H groups in total. The average molecular weight is 306 g/mol. The summed E-state index contributed by atoms with van der Waals surface area (Å²) in [6.45, 7) is 6.50. The van der Waals surface area contributed by atoms with Gasteiger partial charge in [-0.25, -0.2) is 14.8 Å². The molecule has 0 unspecified atom stereocenters. The molecule has 112 valence electrons. The molecule has 3 heterocycles. The van der Waals surface area contributed by atoms with Gasteiger partial charge in [-0.3, -0.25) is 0 Å². The number of fused-ring (bicyclic) bond motifs is 1. The van der Waals surface area contributed by atoms with E-state index in [2.05, 4.69) is 27.2 Å². The molecular weight excluding hydrogens is 288 g/mol. The second kappa shape index (κ2) is 5.48. The number of anilines is 1. The monoisotopic (exact) mass is 306 g/mol. The molecular formula is C14H18N4O2S. The normalized spacial score (nSPS) is 14.8. The zero-order valence-corrected chi connectivity index (χ0v) is 13.2. The lowest BCUT2D eigenvalue weighted by Crippen LogP contribution is -2.34. The summed E-state index contributed by atoms with van der Waals surface area (Å²) in [4.78, 5) is 25.4. The minimum Gasteiger partial charge on any atom is -0.448 e. The van der Waals surface area contributed by atoms with Gasteiger partial charge >= 0.3 is 6.09 Å². The molecule has 7 heteroatoms. The van der Waals surface area contributed by atoms with Gasteiger partial charge in [0.1, 0.15) is 23.1 Å². The molecule has 2 aromatic heterocycles. The Morgan fingerprint density at radius 2 is 2.24 bits per heavy atom. The van der Waals surface area contributed by atoms with E-state index < -0.39 is 0 Å². The van der Waals surface area contributed by atoms with Crippen LogP contribution in [0.4, 0.5) is 10.6 Å². The van der Waals surface area contributed by atoms with E-state index in [4.69, 9.17) is 4.74 Å². The Morgan fingerprint density at radius 1 is 1.43 bits per heavy atom. The van der Waals surface area contributed by atoms with Crippen LogP contribution < -0.4 is 4.90 Å². The van der Waals surface area contributed by atoms with Gasteiger partial charge in [0.15, 0.2) is 0 Å². The van der Waals surface area contributed by atoms with E-state index in [1.54, 1.807) is 16.2 Å². The number of rotatable bonds is 4. The number of carbonyl (C=O) groups excluding carboxylic acids is 1. The minimum atomic E-state index is -0.223. The molecule has 1 saturated heterocycles. The summed E-state index contributed by atoms with van der Waals surface area (Å²) >= 11 is 1.64. The van der Waals surface area contributed by atoms with Gasteiger partial charge < -0.3 is 14.5 Å². The molecule has 1 amide bonds. The van der Waals surface area contributed by atoms with Crippen LogP contribution in [0.2, 0.25) is 0 Å². The van der Waals surface area contributed by atoms with Crippen molar-refractivity contribution in [2.75, 3.05) is 38.2 Å². The maximum Gasteiger partial charge on any atom is 0.409 e. The standard InChI is InChI=1S/C14H18N4O2S/c1-9-8-21-13-11(9)12(15-10(2)16-13)17(3)4-5-18-6-7-20-14(18)19/h8H,4-7H2,1-3H3. The predicted molar refractivity (Wildman–Crippen MR) is 83.1 cm³/mol. The topological polar surface area (TPSA) is 58.6 Å². The SMILES string of the molecule is Cc1nc(N(C)CCN2CCOC2=O)c2c(C)csc2n1. The van der Waals surface area contributed by atoms with Crippen LogP contribution in [0.5, 0.6) is 0 Å². The molecule has 1 fully saturated rings. The predicted octanol–water partition coefficient (Wildman–Crippen LogP) is 2.20. The summed E-state index contributed by atoms with van der Waals surface area (Å²) in [6.07, 6.45) is -0.223. The first-order valence-electron chi connectivity index (χ1n) is 6.91. The molecule has 0 bridgehead atoms. The molecule has 0 saturated carbocycles. The molecule has 0 radical (unpaired) electrons. The first-order valence-corrected chi connectivity index (χ1v) is 7.79. The number of cyclic esters (lactones) is 1. The first-order chi connectivity index (χ1) is 10.1. The molecule has 0 atom stereocenters. The van der Waals surface area contributed by atoms with Gasteiger partial charge in [0.2, 0.25) is 0 Å². The van der Waals surface area contributed by atoms with Crippen LogP contribution in [0.15, 0.2) is 5.38 Å². The van der Waals surface area contributed by atoms with E-state index in [1.807, 2.05) is 14.0 Å². The highest BCUT2D eigenvalue weighted by Crippen LogP contribution is 2.30. The van der Waals surface area contributed by atoms with Crippen LogP contribution in [0.3, 0.4) is 0 Å². The van der Waals surface area contributed by atoms with Crippen molar-refractivity contribution in [3.63, 3.8) is 0 Å². The van der Waals surface area contributed by atoms with Crippen molar-refractivity contribution in [2.45, 2.75) is 13.8 Å². The molecule has 0 spiro atoms. The van der Waals surface area contributed by atoms with E-state index in [1.165, 1.54) is 5.56 Å². The van der Waals surface area contributed by atoms with Crippen molar-refractivity contribution in [1.29, 1.82) is 0 Å². The summed E-state index contributed by atoms with van der Waals surface area (Å²) < 4.78 is 4.94. The molecule has 1 aliphatic rings. The fourth-order valence-corrected chi connectivity index (χ4v) is 3.41. The number of aryl methyl sites for hydroxylation is 2. The quantitative estimate of drug-likeness (QED) is 0.866. The zero-order chi connectivity index (χ0) is 15.0. The van der Waals surface area contributed by atoms with Gasteiger partial charge in [-0.05, 0) is 24.8 Å². The van der Waals surface area contributed by atoms with Gasteiger partial charge in [0, 0.05) is 20.1 Å². The van der Waals surface area contributed by atoms with Crippen molar-refractivity contribution >= 4 is 33.5 Å². The maximum atomic E-state index is 11.5. The lowest BCUT2D eigenvalue weighted by Gasteiger charge is -2.22. The Balaban J connectivity index is 1.82. The highest BCUT2D eigenvalue weighted by Gasteiger charge is 2.22. The minimum absolute atomic E-state index is 0.223. The number of hydrogen-bond acceptors (Lipinski definition) is 6. The van der Waals surface area contributed by atoms with Crippen molar-refractivity contribution < 1.29 is 9.53 Å². The van der Waals surface area contributed by atoms with E-state index in [-0.39, 0.29) is 6.09 Å². The number of thiophene rings is 1. The van der Waals surface area contributed by atoms with E-state index >= 15 is 0 Å². The lowest BCUT2D eigenvalue weighted by molar-refractivity contribution is 0.159. The number of ether oxygens (including phenoxy) is 1. The lowest BCUT2D eigenvalue weighted by atomic mass is 10.2. The third kappa shape index (κ3) is 2.65. The number of likely N-dealkylation sites (N-methyl/N-ethyl adjacent to an activating group) is 1. The van der Waals surface area contributed by atoms with Gasteiger partial charge in [-0.2, -0.15) is 0 Å². The third-order valence-electron chi connectivity index (χ3n) is 3.62. The van der Waals surface area contributed by atoms with E-state index in [0.717, 1.165) is 28.4 Å². The summed E-state index contributed by atoms with van der Waals surface area (Å²) in [7, 11) is 2.00. The number of hydrogen-bond donors (Lipinski definition) is 0. The molecule has 0 aromatic carbocycles. The Morgan fingerprint density at radius 3 is 2.95 bits per heavy atom. The third-order valence-corrected chi connectivity index (χ3v) is 4.61. The van der Waals surface area contributed by atoms with Crippen LogP contribution in [0.1, 0.15) is 11.4 Å². The molecule has 6 nitrogen and oxygen atoms in total. The average Bonchev–Trinajstić information content (AvgIpc) is 3.02. The van der Waals surface area contributed by atoms with Crippen LogP contribution in [-0.2, 0) is 4.74 Å². The van der Waals surface area contributed by atoms with Crippen molar-refractivity contribution in [3.8, 4) is 0 Å². The molecule has 0 aliphatic carbocycles. The van der Waals surface area contributed by atoms with E-state index in [9.17, 15) is 4.79 Å². The summed E-state index contributed by atoms with van der Waals surface area (Å²) in [5.74, 6) is 1.70.